The highest BCUT2D eigenvalue weighted by Gasteiger charge is 2.19. The van der Waals surface area contributed by atoms with Crippen molar-refractivity contribution < 1.29 is 40.9 Å². The van der Waals surface area contributed by atoms with E-state index in [9.17, 15) is 22.4 Å². The van der Waals surface area contributed by atoms with Gasteiger partial charge in [-0.2, -0.15) is 19.8 Å². The topological polar surface area (TPSA) is 227 Å². The lowest BCUT2D eigenvalue weighted by atomic mass is 10.2. The number of carbonyl (C=O) groups excluding carboxylic acids is 2. The molecule has 0 unspecified atom stereocenters. The van der Waals surface area contributed by atoms with Gasteiger partial charge in [0.05, 0.1) is 37.8 Å². The maximum atomic E-state index is 14.0. The largest absolute Gasteiger partial charge is 0.505 e. The van der Waals surface area contributed by atoms with E-state index in [-0.39, 0.29) is 53.3 Å². The van der Waals surface area contributed by atoms with E-state index in [0.717, 1.165) is 12.1 Å². The number of halogens is 4. The monoisotopic (exact) mass is 774 g/mol. The summed E-state index contributed by atoms with van der Waals surface area (Å²) in [7, 11) is 1.62. The molecule has 0 saturated carbocycles. The van der Waals surface area contributed by atoms with Crippen molar-refractivity contribution in [3.05, 3.63) is 148 Å². The first-order chi connectivity index (χ1) is 27.0. The Bertz CT molecular complexity index is 2470. The number of allylic oxidation sites excluding steroid dienone is 1. The predicted molar refractivity (Wildman–Crippen MR) is 188 cm³/mol. The molecule has 2 aromatic carbocycles. The van der Waals surface area contributed by atoms with Crippen molar-refractivity contribution >= 4 is 12.0 Å². The second-order valence-corrected chi connectivity index (χ2v) is 10.8. The number of benzene rings is 2. The van der Waals surface area contributed by atoms with Gasteiger partial charge in [-0.15, -0.1) is 0 Å². The van der Waals surface area contributed by atoms with Crippen molar-refractivity contribution in [1.29, 1.82) is 5.41 Å². The Kier molecular flexibility index (Phi) is 14.6. The van der Waals surface area contributed by atoms with Crippen molar-refractivity contribution in [3.8, 4) is 34.3 Å². The average molecular weight is 775 g/mol. The summed E-state index contributed by atoms with van der Waals surface area (Å²) < 4.78 is 71.6. The Labute approximate surface area is 313 Å². The van der Waals surface area contributed by atoms with Crippen molar-refractivity contribution in [2.24, 2.45) is 5.73 Å². The molecule has 0 atom stereocenters. The first-order valence-electron chi connectivity index (χ1n) is 15.9. The van der Waals surface area contributed by atoms with Gasteiger partial charge in [-0.1, -0.05) is 40.7 Å². The number of rotatable bonds is 9. The summed E-state index contributed by atoms with van der Waals surface area (Å²) >= 11 is 0. The molecular formula is C36H30F4N10O6. The molecule has 56 heavy (non-hydrogen) atoms. The first kappa shape index (κ1) is 41.0. The van der Waals surface area contributed by atoms with E-state index in [1.54, 1.807) is 31.6 Å². The third-order valence-corrected chi connectivity index (χ3v) is 7.13. The number of amidine groups is 1. The van der Waals surface area contributed by atoms with Crippen LogP contribution in [0.4, 0.5) is 17.6 Å². The molecule has 0 saturated heterocycles. The number of hydrogen-bond acceptors (Lipinski definition) is 12. The summed E-state index contributed by atoms with van der Waals surface area (Å²) in [6, 6.07) is 15.5. The Hall–Kier alpha value is -7.73. The summed E-state index contributed by atoms with van der Waals surface area (Å²) in [6.45, 7) is 1.84. The minimum Gasteiger partial charge on any atom is -0.505 e. The minimum absolute atomic E-state index is 0.0287. The fraction of sp³-hybridized carbons (Fsp3) is 0.111. The predicted octanol–water partition coefficient (Wildman–Crippen LogP) is 5.35. The standard InChI is InChI=1S/C17H11F2N5O2.C14H11F2N5O.C4H8O.CO2/c18-11-3-1-2-10(16(11)19)9-24-14(12-5-7-26-23-12)8-13(22-24)17-20-6-4-15(25)21-17;15-9-3-1-2-8(13(9)16)7-21-12(10-4-5-22-20-10)6-11(19-21)14(17)18;1-3-4-5-2;2-1-3/h1-8H,9H2,(H,20,21,25);1-6H,7H2,(H3,17,18);3-4H,1-2H3;. The molecule has 0 amide bonds. The van der Waals surface area contributed by atoms with Crippen LogP contribution in [0, 0.1) is 28.7 Å². The van der Waals surface area contributed by atoms with E-state index in [0.29, 0.717) is 28.5 Å². The Morgan fingerprint density at radius 1 is 0.857 bits per heavy atom. The fourth-order valence-electron chi connectivity index (χ4n) is 4.72. The van der Waals surface area contributed by atoms with E-state index < -0.39 is 23.3 Å². The summed E-state index contributed by atoms with van der Waals surface area (Å²) in [4.78, 5) is 34.4. The summed E-state index contributed by atoms with van der Waals surface area (Å²) in [6.07, 6.45) is 7.83. The van der Waals surface area contributed by atoms with Crippen LogP contribution in [0.3, 0.4) is 0 Å². The van der Waals surface area contributed by atoms with E-state index in [2.05, 4.69) is 35.2 Å². The molecule has 288 valence electrons. The van der Waals surface area contributed by atoms with Crippen LogP contribution in [0.1, 0.15) is 23.7 Å². The number of nitrogens with one attached hydrogen (secondary N) is 2. The molecule has 0 radical (unpaired) electrons. The van der Waals surface area contributed by atoms with Gasteiger partial charge in [-0.3, -0.25) is 19.6 Å². The molecule has 0 fully saturated rings. The Morgan fingerprint density at radius 2 is 1.39 bits per heavy atom. The number of H-pyrrole nitrogens is 1. The number of methoxy groups -OCH3 is 1. The number of ether oxygens (including phenoxy) is 1. The maximum Gasteiger partial charge on any atom is 0.373 e. The van der Waals surface area contributed by atoms with Gasteiger partial charge >= 0.3 is 6.15 Å². The number of nitrogens with zero attached hydrogens (tertiary/aromatic N) is 7. The van der Waals surface area contributed by atoms with Crippen LogP contribution in [0.15, 0.2) is 112 Å². The molecule has 0 bridgehead atoms. The zero-order valence-electron chi connectivity index (χ0n) is 29.3. The summed E-state index contributed by atoms with van der Waals surface area (Å²) in [5, 5.41) is 23.6. The molecule has 20 heteroatoms. The van der Waals surface area contributed by atoms with Gasteiger partial charge in [0.25, 0.3) is 5.56 Å². The van der Waals surface area contributed by atoms with E-state index >= 15 is 0 Å². The lowest BCUT2D eigenvalue weighted by molar-refractivity contribution is -0.191. The lowest BCUT2D eigenvalue weighted by Crippen LogP contribution is -2.13. The summed E-state index contributed by atoms with van der Waals surface area (Å²) in [5.74, 6) is -3.73. The Morgan fingerprint density at radius 3 is 1.84 bits per heavy atom. The highest BCUT2D eigenvalue weighted by Crippen LogP contribution is 2.25. The highest BCUT2D eigenvalue weighted by molar-refractivity contribution is 5.94. The van der Waals surface area contributed by atoms with Gasteiger partial charge in [-0.05, 0) is 31.2 Å². The number of aromatic amines is 1. The molecule has 7 aromatic rings. The second kappa shape index (κ2) is 19.9. The smallest absolute Gasteiger partial charge is 0.373 e. The van der Waals surface area contributed by atoms with Crippen LogP contribution in [0.2, 0.25) is 0 Å². The van der Waals surface area contributed by atoms with Crippen LogP contribution < -0.4 is 11.3 Å². The normalized spacial score (nSPS) is 10.3. The van der Waals surface area contributed by atoms with Crippen LogP contribution in [0.5, 0.6) is 0 Å². The molecule has 16 nitrogen and oxygen atoms in total. The molecule has 0 aliphatic carbocycles. The lowest BCUT2D eigenvalue weighted by Gasteiger charge is -2.07. The van der Waals surface area contributed by atoms with Gasteiger partial charge in [0, 0.05) is 35.5 Å². The zero-order valence-corrected chi connectivity index (χ0v) is 29.3. The van der Waals surface area contributed by atoms with Crippen LogP contribution in [0.25, 0.3) is 34.3 Å². The zero-order chi connectivity index (χ0) is 40.6. The van der Waals surface area contributed by atoms with Crippen molar-refractivity contribution in [3.63, 3.8) is 0 Å². The van der Waals surface area contributed by atoms with Crippen molar-refractivity contribution in [2.75, 3.05) is 7.11 Å². The van der Waals surface area contributed by atoms with Crippen LogP contribution >= 0.6 is 0 Å². The number of nitrogen functional groups attached to an aromatic ring is 1. The maximum absolute atomic E-state index is 14.0. The molecule has 0 aliphatic rings. The molecule has 4 N–H and O–H groups in total. The number of nitrogens with two attached hydrogens (primary N) is 1. The average Bonchev–Trinajstić information content (AvgIpc) is 4.01. The van der Waals surface area contributed by atoms with E-state index in [1.807, 2.05) is 13.0 Å². The van der Waals surface area contributed by atoms with Gasteiger partial charge in [0.2, 0.25) is 0 Å². The summed E-state index contributed by atoms with van der Waals surface area (Å²) in [5.41, 5.74) is 7.83. The van der Waals surface area contributed by atoms with Gasteiger partial charge in [0.15, 0.2) is 29.1 Å². The number of hydrogen-bond donors (Lipinski definition) is 3. The minimum atomic E-state index is -0.943. The van der Waals surface area contributed by atoms with Gasteiger partial charge in [0.1, 0.15) is 41.1 Å². The van der Waals surface area contributed by atoms with E-state index in [1.165, 1.54) is 64.5 Å². The third kappa shape index (κ3) is 10.7. The third-order valence-electron chi connectivity index (χ3n) is 7.13. The van der Waals surface area contributed by atoms with Crippen LogP contribution in [-0.4, -0.2) is 58.9 Å². The number of aromatic nitrogens is 8. The van der Waals surface area contributed by atoms with Crippen LogP contribution in [-0.2, 0) is 27.4 Å². The molecule has 0 aliphatic heterocycles. The molecule has 7 rings (SSSR count). The molecule has 5 aromatic heterocycles. The highest BCUT2D eigenvalue weighted by atomic mass is 19.2. The molecule has 5 heterocycles. The molecule has 0 spiro atoms. The van der Waals surface area contributed by atoms with Gasteiger partial charge < -0.3 is 24.5 Å². The second-order valence-electron chi connectivity index (χ2n) is 10.8. The van der Waals surface area contributed by atoms with Crippen molar-refractivity contribution in [1.82, 2.24) is 39.8 Å². The van der Waals surface area contributed by atoms with Crippen molar-refractivity contribution in [2.45, 2.75) is 20.0 Å². The first-order valence-corrected chi connectivity index (χ1v) is 15.9. The quantitative estimate of drug-likeness (QED) is 0.0731. The Balaban J connectivity index is 0.000000211. The van der Waals surface area contributed by atoms with E-state index in [4.69, 9.17) is 29.8 Å². The molecular weight excluding hydrogens is 744 g/mol. The SMILES string of the molecule is CC=COC.N=C(N)c1cc(-c2ccon2)n(Cc2cccc(F)c2F)n1.O=C=O.O=c1ccnc(-c2cc(-c3ccon3)n(Cc3cccc(F)c3F)n2)[nH]1. The van der Waals surface area contributed by atoms with Gasteiger partial charge in [-0.25, -0.2) is 22.5 Å². The fourth-order valence-corrected chi connectivity index (χ4v) is 4.72.